The Balaban J connectivity index is 2.40. The molecule has 0 unspecified atom stereocenters. The fourth-order valence-electron chi connectivity index (χ4n) is 1.22. The zero-order chi connectivity index (χ0) is 10.8. The highest BCUT2D eigenvalue weighted by molar-refractivity contribution is 6.31. The molecule has 0 spiro atoms. The minimum atomic E-state index is -0.438. The van der Waals surface area contributed by atoms with E-state index in [2.05, 4.69) is 9.97 Å². The molecule has 0 fully saturated rings. The van der Waals surface area contributed by atoms with Crippen LogP contribution in [-0.2, 0) is 0 Å². The van der Waals surface area contributed by atoms with Gasteiger partial charge in [-0.15, -0.1) is 0 Å². The Morgan fingerprint density at radius 3 is 2.87 bits per heavy atom. The van der Waals surface area contributed by atoms with Crippen LogP contribution in [0.25, 0.3) is 11.3 Å². The van der Waals surface area contributed by atoms with Gasteiger partial charge in [0.15, 0.2) is 0 Å². The molecule has 0 atom stereocenters. The van der Waals surface area contributed by atoms with Crippen LogP contribution in [0.5, 0.6) is 6.01 Å². The lowest BCUT2D eigenvalue weighted by Gasteiger charge is -1.99. The van der Waals surface area contributed by atoms with Gasteiger partial charge in [0.2, 0.25) is 0 Å². The smallest absolute Gasteiger partial charge is 0.293 e. The Kier molecular flexibility index (Phi) is 2.60. The van der Waals surface area contributed by atoms with Crippen LogP contribution in [0.15, 0.2) is 24.4 Å². The summed E-state index contributed by atoms with van der Waals surface area (Å²) in [5.41, 5.74) is 1.49. The summed E-state index contributed by atoms with van der Waals surface area (Å²) >= 11 is 5.66. The third-order valence-corrected chi connectivity index (χ3v) is 2.27. The molecule has 0 saturated heterocycles. The van der Waals surface area contributed by atoms with Crippen LogP contribution in [0.4, 0.5) is 4.39 Å². The Hall–Kier alpha value is -1.55. The fourth-order valence-corrected chi connectivity index (χ4v) is 1.40. The topological polar surface area (TPSA) is 37.9 Å². The number of aromatic nitrogens is 2. The number of benzene rings is 1. The van der Waals surface area contributed by atoms with Crippen LogP contribution in [0.1, 0.15) is 0 Å². The van der Waals surface area contributed by atoms with Gasteiger partial charge in [-0.1, -0.05) is 11.6 Å². The number of halogens is 2. The number of nitrogens with zero attached hydrogens (tertiary/aromatic N) is 1. The van der Waals surface area contributed by atoms with Crippen LogP contribution in [-0.4, -0.2) is 17.1 Å². The molecule has 15 heavy (non-hydrogen) atoms. The first-order valence-electron chi connectivity index (χ1n) is 4.25. The molecule has 2 rings (SSSR count). The van der Waals surface area contributed by atoms with Gasteiger partial charge in [-0.3, -0.25) is 0 Å². The van der Waals surface area contributed by atoms with Gasteiger partial charge in [0, 0.05) is 5.56 Å². The van der Waals surface area contributed by atoms with Gasteiger partial charge in [-0.05, 0) is 18.2 Å². The van der Waals surface area contributed by atoms with Crippen molar-refractivity contribution in [2.24, 2.45) is 0 Å². The number of ether oxygens (including phenoxy) is 1. The molecule has 1 aromatic heterocycles. The maximum absolute atomic E-state index is 12.9. The zero-order valence-corrected chi connectivity index (χ0v) is 8.68. The van der Waals surface area contributed by atoms with E-state index in [0.717, 1.165) is 11.3 Å². The van der Waals surface area contributed by atoms with E-state index in [1.165, 1.54) is 19.2 Å². The van der Waals surface area contributed by atoms with Gasteiger partial charge >= 0.3 is 0 Å². The van der Waals surface area contributed by atoms with E-state index in [9.17, 15) is 4.39 Å². The predicted octanol–water partition coefficient (Wildman–Crippen LogP) is 2.88. The molecule has 78 valence electrons. The molecule has 0 saturated carbocycles. The number of nitrogens with one attached hydrogen (secondary N) is 1. The molecule has 1 aromatic carbocycles. The summed E-state index contributed by atoms with van der Waals surface area (Å²) in [5, 5.41) is 0.0843. The molecule has 1 heterocycles. The van der Waals surface area contributed by atoms with Crippen molar-refractivity contribution in [2.75, 3.05) is 7.11 Å². The summed E-state index contributed by atoms with van der Waals surface area (Å²) in [4.78, 5) is 6.86. The Morgan fingerprint density at radius 1 is 1.47 bits per heavy atom. The number of hydrogen-bond donors (Lipinski definition) is 1. The number of aromatic amines is 1. The fraction of sp³-hybridized carbons (Fsp3) is 0.100. The minimum Gasteiger partial charge on any atom is -0.468 e. The lowest BCUT2D eigenvalue weighted by atomic mass is 10.2. The SMILES string of the molecule is COc1ncc(-c2ccc(F)c(Cl)c2)[nH]1. The number of methoxy groups -OCH3 is 1. The number of imidazole rings is 1. The predicted molar refractivity (Wildman–Crippen MR) is 55.5 cm³/mol. The molecular formula is C10H8ClFN2O. The Morgan fingerprint density at radius 2 is 2.27 bits per heavy atom. The second kappa shape index (κ2) is 3.90. The molecule has 1 N–H and O–H groups in total. The monoisotopic (exact) mass is 226 g/mol. The van der Waals surface area contributed by atoms with Gasteiger partial charge in [0.05, 0.1) is 24.0 Å². The van der Waals surface area contributed by atoms with Crippen LogP contribution in [0.2, 0.25) is 5.02 Å². The quantitative estimate of drug-likeness (QED) is 0.855. The standard InChI is InChI=1S/C10H8ClFN2O/c1-15-10-13-5-9(14-10)6-2-3-8(12)7(11)4-6/h2-5H,1H3,(H,13,14). The minimum absolute atomic E-state index is 0.0843. The van der Waals surface area contributed by atoms with E-state index < -0.39 is 5.82 Å². The first-order valence-corrected chi connectivity index (χ1v) is 4.63. The second-order valence-electron chi connectivity index (χ2n) is 2.94. The molecule has 0 aliphatic carbocycles. The third-order valence-electron chi connectivity index (χ3n) is 1.98. The molecule has 0 radical (unpaired) electrons. The lowest BCUT2D eigenvalue weighted by molar-refractivity contribution is 0.384. The summed E-state index contributed by atoms with van der Waals surface area (Å²) < 4.78 is 17.8. The molecule has 0 amide bonds. The first kappa shape index (κ1) is 9.98. The summed E-state index contributed by atoms with van der Waals surface area (Å²) in [6, 6.07) is 4.87. The zero-order valence-electron chi connectivity index (χ0n) is 7.92. The lowest BCUT2D eigenvalue weighted by Crippen LogP contribution is -1.84. The Labute approximate surface area is 90.9 Å². The molecule has 3 nitrogen and oxygen atoms in total. The van der Waals surface area contributed by atoms with Crippen molar-refractivity contribution >= 4 is 11.6 Å². The van der Waals surface area contributed by atoms with Crippen molar-refractivity contribution < 1.29 is 9.13 Å². The molecule has 0 aliphatic heterocycles. The second-order valence-corrected chi connectivity index (χ2v) is 3.34. The van der Waals surface area contributed by atoms with Crippen LogP contribution in [0, 0.1) is 5.82 Å². The number of hydrogen-bond acceptors (Lipinski definition) is 2. The van der Waals surface area contributed by atoms with Gasteiger partial charge in [0.1, 0.15) is 5.82 Å². The highest BCUT2D eigenvalue weighted by Crippen LogP contribution is 2.24. The molecule has 5 heteroatoms. The largest absolute Gasteiger partial charge is 0.468 e. The van der Waals surface area contributed by atoms with Crippen molar-refractivity contribution in [3.05, 3.63) is 35.2 Å². The van der Waals surface area contributed by atoms with Crippen LogP contribution < -0.4 is 4.74 Å². The molecule has 0 bridgehead atoms. The average Bonchev–Trinajstić information content (AvgIpc) is 2.70. The number of rotatable bonds is 2. The summed E-state index contributed by atoms with van der Waals surface area (Å²) in [6.07, 6.45) is 1.60. The van der Waals surface area contributed by atoms with Crippen molar-refractivity contribution in [1.82, 2.24) is 9.97 Å². The van der Waals surface area contributed by atoms with E-state index in [-0.39, 0.29) is 5.02 Å². The number of H-pyrrole nitrogens is 1. The van der Waals surface area contributed by atoms with Crippen LogP contribution >= 0.6 is 11.6 Å². The summed E-state index contributed by atoms with van der Waals surface area (Å²) in [5.74, 6) is -0.438. The van der Waals surface area contributed by atoms with Crippen molar-refractivity contribution in [1.29, 1.82) is 0 Å². The van der Waals surface area contributed by atoms with Gasteiger partial charge in [-0.25, -0.2) is 9.37 Å². The van der Waals surface area contributed by atoms with Gasteiger partial charge < -0.3 is 9.72 Å². The van der Waals surface area contributed by atoms with Gasteiger partial charge in [0.25, 0.3) is 6.01 Å². The summed E-state index contributed by atoms with van der Waals surface area (Å²) in [6.45, 7) is 0. The highest BCUT2D eigenvalue weighted by atomic mass is 35.5. The Bertz CT molecular complexity index is 484. The maximum Gasteiger partial charge on any atom is 0.293 e. The van der Waals surface area contributed by atoms with Crippen molar-refractivity contribution in [3.8, 4) is 17.3 Å². The molecular weight excluding hydrogens is 219 g/mol. The van der Waals surface area contributed by atoms with Crippen molar-refractivity contribution in [2.45, 2.75) is 0 Å². The highest BCUT2D eigenvalue weighted by Gasteiger charge is 2.06. The van der Waals surface area contributed by atoms with E-state index in [1.54, 1.807) is 12.3 Å². The summed E-state index contributed by atoms with van der Waals surface area (Å²) in [7, 11) is 1.51. The van der Waals surface area contributed by atoms with Gasteiger partial charge in [-0.2, -0.15) is 0 Å². The van der Waals surface area contributed by atoms with Crippen LogP contribution in [0.3, 0.4) is 0 Å². The van der Waals surface area contributed by atoms with E-state index in [0.29, 0.717) is 6.01 Å². The molecule has 0 aliphatic rings. The molecule has 2 aromatic rings. The van der Waals surface area contributed by atoms with E-state index >= 15 is 0 Å². The maximum atomic E-state index is 12.9. The van der Waals surface area contributed by atoms with E-state index in [1.807, 2.05) is 0 Å². The van der Waals surface area contributed by atoms with E-state index in [4.69, 9.17) is 16.3 Å². The average molecular weight is 227 g/mol. The first-order chi connectivity index (χ1) is 7.20. The van der Waals surface area contributed by atoms with Crippen molar-refractivity contribution in [3.63, 3.8) is 0 Å². The third kappa shape index (κ3) is 1.94. The normalized spacial score (nSPS) is 10.3.